The van der Waals surface area contributed by atoms with Gasteiger partial charge in [-0.2, -0.15) is 0 Å². The number of hydrogen-bond donors (Lipinski definition) is 0. The van der Waals surface area contributed by atoms with Gasteiger partial charge < -0.3 is 0 Å². The van der Waals surface area contributed by atoms with Gasteiger partial charge in [0.25, 0.3) is 0 Å². The molecule has 1 rings (SSSR count). The fourth-order valence-corrected chi connectivity index (χ4v) is 1.45. The standard InChI is InChI=1S/C10H15N3/c1-6-7(2)13-8(3)10(12-5)9(6)11-4/h1-5H3. The van der Waals surface area contributed by atoms with Gasteiger partial charge in [-0.1, -0.05) is 0 Å². The van der Waals surface area contributed by atoms with Gasteiger partial charge in [-0.15, -0.1) is 0 Å². The summed E-state index contributed by atoms with van der Waals surface area (Å²) in [5, 5.41) is 0. The summed E-state index contributed by atoms with van der Waals surface area (Å²) in [5.41, 5.74) is 4.98. The Morgan fingerprint density at radius 3 is 1.92 bits per heavy atom. The third kappa shape index (κ3) is 1.59. The van der Waals surface area contributed by atoms with Crippen molar-refractivity contribution in [3.63, 3.8) is 0 Å². The summed E-state index contributed by atoms with van der Waals surface area (Å²) in [4.78, 5) is 12.8. The molecule has 1 aliphatic heterocycles. The second-order valence-corrected chi connectivity index (χ2v) is 3.05. The van der Waals surface area contributed by atoms with E-state index in [9.17, 15) is 0 Å². The van der Waals surface area contributed by atoms with Crippen molar-refractivity contribution < 1.29 is 0 Å². The lowest BCUT2D eigenvalue weighted by Gasteiger charge is -2.16. The molecule has 0 radical (unpaired) electrons. The fourth-order valence-electron chi connectivity index (χ4n) is 1.45. The molecule has 3 heteroatoms. The highest BCUT2D eigenvalue weighted by atomic mass is 14.9. The average molecular weight is 177 g/mol. The van der Waals surface area contributed by atoms with Gasteiger partial charge in [0.05, 0.1) is 11.4 Å². The summed E-state index contributed by atoms with van der Waals surface area (Å²) in [6, 6.07) is 0. The van der Waals surface area contributed by atoms with E-state index in [0.717, 1.165) is 28.4 Å². The maximum atomic E-state index is 4.40. The van der Waals surface area contributed by atoms with E-state index >= 15 is 0 Å². The smallest absolute Gasteiger partial charge is 0.104 e. The number of allylic oxidation sites excluding steroid dienone is 2. The topological polar surface area (TPSA) is 37.1 Å². The van der Waals surface area contributed by atoms with Crippen LogP contribution in [0.5, 0.6) is 0 Å². The number of nitrogens with zero attached hydrogens (tertiary/aromatic N) is 3. The van der Waals surface area contributed by atoms with Crippen molar-refractivity contribution >= 4 is 17.1 Å². The molecule has 0 atom stereocenters. The molecular formula is C10H15N3. The van der Waals surface area contributed by atoms with E-state index in [0.29, 0.717) is 0 Å². The van der Waals surface area contributed by atoms with Gasteiger partial charge in [-0.05, 0) is 26.3 Å². The monoisotopic (exact) mass is 177 g/mol. The molecule has 0 N–H and O–H groups in total. The second-order valence-electron chi connectivity index (χ2n) is 3.05. The van der Waals surface area contributed by atoms with E-state index < -0.39 is 0 Å². The number of hydrogen-bond acceptors (Lipinski definition) is 3. The van der Waals surface area contributed by atoms with Crippen molar-refractivity contribution in [2.75, 3.05) is 14.1 Å². The first-order valence-electron chi connectivity index (χ1n) is 4.29. The Morgan fingerprint density at radius 2 is 1.46 bits per heavy atom. The number of rotatable bonds is 0. The molecule has 0 aromatic heterocycles. The average Bonchev–Trinajstić information content (AvgIpc) is 2.10. The van der Waals surface area contributed by atoms with Crippen molar-refractivity contribution in [2.24, 2.45) is 15.0 Å². The lowest BCUT2D eigenvalue weighted by atomic mass is 9.99. The van der Waals surface area contributed by atoms with E-state index in [1.54, 1.807) is 14.1 Å². The molecule has 0 unspecified atom stereocenters. The van der Waals surface area contributed by atoms with Gasteiger partial charge in [0, 0.05) is 19.8 Å². The zero-order chi connectivity index (χ0) is 10.0. The molecule has 0 aromatic carbocycles. The van der Waals surface area contributed by atoms with E-state index in [-0.39, 0.29) is 0 Å². The van der Waals surface area contributed by atoms with Crippen LogP contribution in [0.4, 0.5) is 0 Å². The van der Waals surface area contributed by atoms with Gasteiger partial charge in [-0.25, -0.2) is 0 Å². The fraction of sp³-hybridized carbons (Fsp3) is 0.500. The van der Waals surface area contributed by atoms with Crippen LogP contribution >= 0.6 is 0 Å². The Hall–Kier alpha value is -1.25. The Kier molecular flexibility index (Phi) is 2.76. The molecule has 0 aliphatic carbocycles. The minimum atomic E-state index is 0.908. The first-order chi connectivity index (χ1) is 6.11. The molecule has 0 saturated carbocycles. The molecular weight excluding hydrogens is 162 g/mol. The number of aliphatic imine (C=N–C) groups is 3. The molecule has 0 bridgehead atoms. The van der Waals surface area contributed by atoms with Crippen LogP contribution in [0.3, 0.4) is 0 Å². The van der Waals surface area contributed by atoms with Crippen molar-refractivity contribution in [2.45, 2.75) is 20.8 Å². The quantitative estimate of drug-likeness (QED) is 0.542. The zero-order valence-electron chi connectivity index (χ0n) is 8.84. The van der Waals surface area contributed by atoms with Crippen LogP contribution in [0.25, 0.3) is 0 Å². The predicted molar refractivity (Wildman–Crippen MR) is 58.2 cm³/mol. The van der Waals surface area contributed by atoms with Gasteiger partial charge >= 0.3 is 0 Å². The zero-order valence-corrected chi connectivity index (χ0v) is 8.84. The predicted octanol–water partition coefficient (Wildman–Crippen LogP) is 1.90. The largest absolute Gasteiger partial charge is 0.286 e. The second kappa shape index (κ2) is 3.64. The molecule has 0 saturated heterocycles. The maximum absolute atomic E-state index is 4.40. The molecule has 70 valence electrons. The summed E-state index contributed by atoms with van der Waals surface area (Å²) >= 11 is 0. The Labute approximate surface area is 79.0 Å². The van der Waals surface area contributed by atoms with Crippen LogP contribution in [0.1, 0.15) is 20.8 Å². The van der Waals surface area contributed by atoms with Crippen LogP contribution < -0.4 is 0 Å². The molecule has 13 heavy (non-hydrogen) atoms. The first-order valence-corrected chi connectivity index (χ1v) is 4.29. The van der Waals surface area contributed by atoms with Gasteiger partial charge in [0.2, 0.25) is 0 Å². The Balaban J connectivity index is 3.33. The van der Waals surface area contributed by atoms with Gasteiger partial charge in [0.15, 0.2) is 0 Å². The summed E-state index contributed by atoms with van der Waals surface area (Å²) < 4.78 is 0. The molecule has 0 spiro atoms. The van der Waals surface area contributed by atoms with Crippen molar-refractivity contribution in [1.82, 2.24) is 0 Å². The van der Waals surface area contributed by atoms with E-state index in [1.165, 1.54) is 0 Å². The minimum absolute atomic E-state index is 0.908. The normalized spacial score (nSPS) is 24.2. The summed E-state index contributed by atoms with van der Waals surface area (Å²) in [6.45, 7) is 5.98. The van der Waals surface area contributed by atoms with Crippen molar-refractivity contribution in [3.05, 3.63) is 11.3 Å². The van der Waals surface area contributed by atoms with Crippen LogP contribution in [-0.2, 0) is 0 Å². The SMILES string of the molecule is CN=C1C(C)=NC(C)=C(C)C1=NC. The lowest BCUT2D eigenvalue weighted by Crippen LogP contribution is -2.27. The van der Waals surface area contributed by atoms with E-state index in [4.69, 9.17) is 0 Å². The first kappa shape index (κ1) is 9.84. The van der Waals surface area contributed by atoms with Crippen molar-refractivity contribution in [1.29, 1.82) is 0 Å². The Bertz CT molecular complexity index is 339. The van der Waals surface area contributed by atoms with Crippen LogP contribution in [-0.4, -0.2) is 31.2 Å². The molecule has 0 amide bonds. The molecule has 3 nitrogen and oxygen atoms in total. The highest BCUT2D eigenvalue weighted by Crippen LogP contribution is 2.15. The van der Waals surface area contributed by atoms with Gasteiger partial charge in [0.1, 0.15) is 5.71 Å². The summed E-state index contributed by atoms with van der Waals surface area (Å²) in [7, 11) is 3.56. The summed E-state index contributed by atoms with van der Waals surface area (Å²) in [5.74, 6) is 0. The van der Waals surface area contributed by atoms with Crippen LogP contribution in [0.15, 0.2) is 26.2 Å². The highest BCUT2D eigenvalue weighted by Gasteiger charge is 2.19. The summed E-state index contributed by atoms with van der Waals surface area (Å²) in [6.07, 6.45) is 0. The minimum Gasteiger partial charge on any atom is -0.286 e. The lowest BCUT2D eigenvalue weighted by molar-refractivity contribution is 1.23. The molecule has 1 aliphatic rings. The van der Waals surface area contributed by atoms with Crippen LogP contribution in [0.2, 0.25) is 0 Å². The molecule has 0 fully saturated rings. The van der Waals surface area contributed by atoms with Gasteiger partial charge in [-0.3, -0.25) is 15.0 Å². The maximum Gasteiger partial charge on any atom is 0.104 e. The highest BCUT2D eigenvalue weighted by molar-refractivity contribution is 6.72. The third-order valence-electron chi connectivity index (χ3n) is 2.25. The van der Waals surface area contributed by atoms with Crippen LogP contribution in [0, 0.1) is 0 Å². The van der Waals surface area contributed by atoms with E-state index in [2.05, 4.69) is 15.0 Å². The third-order valence-corrected chi connectivity index (χ3v) is 2.25. The molecule has 1 heterocycles. The van der Waals surface area contributed by atoms with Crippen molar-refractivity contribution in [3.8, 4) is 0 Å². The van der Waals surface area contributed by atoms with E-state index in [1.807, 2.05) is 20.8 Å². The Morgan fingerprint density at radius 1 is 0.923 bits per heavy atom. The molecule has 0 aromatic rings.